The third kappa shape index (κ3) is 4.92. The minimum atomic E-state index is 0.742. The molecule has 3 rings (SSSR count). The molecule has 1 aromatic carbocycles. The molecule has 1 saturated heterocycles. The van der Waals surface area contributed by atoms with E-state index >= 15 is 0 Å². The number of amides is 1. The van der Waals surface area contributed by atoms with Gasteiger partial charge in [-0.25, -0.2) is 9.97 Å². The van der Waals surface area contributed by atoms with Gasteiger partial charge in [0.05, 0.1) is 0 Å². The summed E-state index contributed by atoms with van der Waals surface area (Å²) in [6.07, 6.45) is 3.03. The van der Waals surface area contributed by atoms with Gasteiger partial charge in [-0.05, 0) is 25.3 Å². The van der Waals surface area contributed by atoms with Crippen LogP contribution in [0.15, 0.2) is 36.4 Å². The molecule has 1 aliphatic rings. The number of aromatic nitrogens is 2. The van der Waals surface area contributed by atoms with E-state index < -0.39 is 0 Å². The molecular formula is C19H25N5O. The van der Waals surface area contributed by atoms with Crippen LogP contribution in [0.5, 0.6) is 0 Å². The summed E-state index contributed by atoms with van der Waals surface area (Å²) in [5.41, 5.74) is 1.36. The molecule has 132 valence electrons. The summed E-state index contributed by atoms with van der Waals surface area (Å²) in [5, 5.41) is 3.41. The number of anilines is 2. The van der Waals surface area contributed by atoms with E-state index in [2.05, 4.69) is 44.5 Å². The zero-order valence-corrected chi connectivity index (χ0v) is 14.7. The predicted octanol–water partition coefficient (Wildman–Crippen LogP) is 2.11. The number of aryl methyl sites for hydroxylation is 2. The largest absolute Gasteiger partial charge is 0.370 e. The summed E-state index contributed by atoms with van der Waals surface area (Å²) in [6, 6.07) is 12.5. The maximum atomic E-state index is 10.8. The van der Waals surface area contributed by atoms with E-state index in [0.29, 0.717) is 0 Å². The Bertz CT molecular complexity index is 683. The topological polar surface area (TPSA) is 61.4 Å². The smallest absolute Gasteiger partial charge is 0.209 e. The van der Waals surface area contributed by atoms with Crippen LogP contribution in [0, 0.1) is 6.92 Å². The van der Waals surface area contributed by atoms with Gasteiger partial charge in [-0.2, -0.15) is 0 Å². The van der Waals surface area contributed by atoms with E-state index in [9.17, 15) is 4.79 Å². The Balaban J connectivity index is 1.53. The normalized spacial score (nSPS) is 14.4. The highest BCUT2D eigenvalue weighted by atomic mass is 16.1. The Morgan fingerprint density at radius 2 is 1.88 bits per heavy atom. The number of rotatable bonds is 7. The van der Waals surface area contributed by atoms with Gasteiger partial charge in [0.25, 0.3) is 0 Å². The monoisotopic (exact) mass is 339 g/mol. The van der Waals surface area contributed by atoms with E-state index in [4.69, 9.17) is 0 Å². The van der Waals surface area contributed by atoms with Crippen molar-refractivity contribution in [1.82, 2.24) is 14.9 Å². The van der Waals surface area contributed by atoms with Crippen molar-refractivity contribution in [3.63, 3.8) is 0 Å². The molecular weight excluding hydrogens is 314 g/mol. The number of hydrogen-bond acceptors (Lipinski definition) is 5. The van der Waals surface area contributed by atoms with Crippen molar-refractivity contribution in [2.24, 2.45) is 0 Å². The van der Waals surface area contributed by atoms with Crippen molar-refractivity contribution in [1.29, 1.82) is 0 Å². The summed E-state index contributed by atoms with van der Waals surface area (Å²) in [4.78, 5) is 23.9. The average Bonchev–Trinajstić information content (AvgIpc) is 2.66. The average molecular weight is 339 g/mol. The van der Waals surface area contributed by atoms with Crippen LogP contribution in [0.2, 0.25) is 0 Å². The lowest BCUT2D eigenvalue weighted by Crippen LogP contribution is -2.46. The van der Waals surface area contributed by atoms with Crippen LogP contribution in [0.4, 0.5) is 11.6 Å². The van der Waals surface area contributed by atoms with Gasteiger partial charge in [0.2, 0.25) is 6.41 Å². The molecule has 0 atom stereocenters. The van der Waals surface area contributed by atoms with Gasteiger partial charge in [-0.1, -0.05) is 30.3 Å². The molecule has 0 spiro atoms. The van der Waals surface area contributed by atoms with Gasteiger partial charge in [0.1, 0.15) is 17.5 Å². The Morgan fingerprint density at radius 3 is 2.60 bits per heavy atom. The van der Waals surface area contributed by atoms with Crippen molar-refractivity contribution >= 4 is 18.0 Å². The third-order valence-electron chi connectivity index (χ3n) is 4.40. The fraction of sp³-hybridized carbons (Fsp3) is 0.421. The lowest BCUT2D eigenvalue weighted by Gasteiger charge is -2.33. The molecule has 6 nitrogen and oxygen atoms in total. The number of piperazine rings is 1. The third-order valence-corrected chi connectivity index (χ3v) is 4.40. The number of nitrogens with one attached hydrogen (secondary N) is 1. The highest BCUT2D eigenvalue weighted by Crippen LogP contribution is 2.17. The zero-order valence-electron chi connectivity index (χ0n) is 14.7. The van der Waals surface area contributed by atoms with Gasteiger partial charge < -0.3 is 15.1 Å². The Labute approximate surface area is 148 Å². The first-order valence-corrected chi connectivity index (χ1v) is 8.82. The van der Waals surface area contributed by atoms with Crippen LogP contribution in [0.25, 0.3) is 0 Å². The van der Waals surface area contributed by atoms with Gasteiger partial charge in [0, 0.05) is 38.8 Å². The molecule has 1 aliphatic heterocycles. The minimum absolute atomic E-state index is 0.742. The molecule has 1 fully saturated rings. The van der Waals surface area contributed by atoms with E-state index in [1.165, 1.54) is 5.56 Å². The molecule has 25 heavy (non-hydrogen) atoms. The highest BCUT2D eigenvalue weighted by Gasteiger charge is 2.17. The number of hydrogen-bond donors (Lipinski definition) is 1. The van der Waals surface area contributed by atoms with E-state index in [0.717, 1.165) is 69.4 Å². The summed E-state index contributed by atoms with van der Waals surface area (Å²) < 4.78 is 0. The quantitative estimate of drug-likeness (QED) is 0.618. The maximum Gasteiger partial charge on any atom is 0.209 e. The molecule has 0 bridgehead atoms. The van der Waals surface area contributed by atoms with Gasteiger partial charge in [0.15, 0.2) is 0 Å². The number of carbonyl (C=O) groups is 1. The first-order valence-electron chi connectivity index (χ1n) is 8.82. The van der Waals surface area contributed by atoms with Gasteiger partial charge in [-0.3, -0.25) is 4.79 Å². The van der Waals surface area contributed by atoms with E-state index in [1.54, 1.807) is 4.90 Å². The first kappa shape index (κ1) is 17.2. The highest BCUT2D eigenvalue weighted by molar-refractivity contribution is 5.52. The van der Waals surface area contributed by atoms with Gasteiger partial charge in [-0.15, -0.1) is 0 Å². The van der Waals surface area contributed by atoms with Crippen LogP contribution in [0.3, 0.4) is 0 Å². The van der Waals surface area contributed by atoms with Gasteiger partial charge >= 0.3 is 0 Å². The molecule has 0 unspecified atom stereocenters. The summed E-state index contributed by atoms with van der Waals surface area (Å²) in [5.74, 6) is 2.57. The van der Waals surface area contributed by atoms with Crippen molar-refractivity contribution in [3.8, 4) is 0 Å². The van der Waals surface area contributed by atoms with Crippen LogP contribution < -0.4 is 10.2 Å². The molecule has 0 saturated carbocycles. The number of nitrogens with zero attached hydrogens (tertiary/aromatic N) is 4. The van der Waals surface area contributed by atoms with E-state index in [1.807, 2.05) is 19.1 Å². The Kier molecular flexibility index (Phi) is 5.82. The zero-order chi connectivity index (χ0) is 17.5. The van der Waals surface area contributed by atoms with Crippen molar-refractivity contribution in [3.05, 3.63) is 47.8 Å². The second-order valence-electron chi connectivity index (χ2n) is 6.30. The number of benzene rings is 1. The molecule has 1 amide bonds. The van der Waals surface area contributed by atoms with Crippen LogP contribution in [-0.4, -0.2) is 54.0 Å². The minimum Gasteiger partial charge on any atom is -0.370 e. The van der Waals surface area contributed by atoms with Crippen LogP contribution >= 0.6 is 0 Å². The Morgan fingerprint density at radius 1 is 1.12 bits per heavy atom. The molecule has 2 aromatic rings. The molecule has 0 radical (unpaired) electrons. The Hall–Kier alpha value is -2.63. The summed E-state index contributed by atoms with van der Waals surface area (Å²) >= 11 is 0. The van der Waals surface area contributed by atoms with Crippen LogP contribution in [-0.2, 0) is 11.2 Å². The predicted molar refractivity (Wildman–Crippen MR) is 99.9 cm³/mol. The maximum absolute atomic E-state index is 10.8. The molecule has 1 N–H and O–H groups in total. The SMILES string of the molecule is Cc1nc(NCCCc2ccccc2)cc(N2CCN(C=O)CC2)n1. The second-order valence-corrected chi connectivity index (χ2v) is 6.30. The second kappa shape index (κ2) is 8.46. The molecule has 6 heteroatoms. The first-order chi connectivity index (χ1) is 12.2. The fourth-order valence-electron chi connectivity index (χ4n) is 3.01. The van der Waals surface area contributed by atoms with Crippen LogP contribution in [0.1, 0.15) is 17.8 Å². The van der Waals surface area contributed by atoms with Crippen molar-refractivity contribution < 1.29 is 4.79 Å². The summed E-state index contributed by atoms with van der Waals surface area (Å²) in [7, 11) is 0. The number of carbonyl (C=O) groups excluding carboxylic acids is 1. The molecule has 0 aliphatic carbocycles. The van der Waals surface area contributed by atoms with Crippen molar-refractivity contribution in [2.75, 3.05) is 42.9 Å². The van der Waals surface area contributed by atoms with E-state index in [-0.39, 0.29) is 0 Å². The fourth-order valence-corrected chi connectivity index (χ4v) is 3.01. The molecule has 2 heterocycles. The molecule has 1 aromatic heterocycles. The standard InChI is InChI=1S/C19H25N5O/c1-16-21-18(20-9-5-8-17-6-3-2-4-7-17)14-19(22-16)24-12-10-23(15-25)11-13-24/h2-4,6-7,14-15H,5,8-13H2,1H3,(H,20,21,22). The lowest BCUT2D eigenvalue weighted by molar-refractivity contribution is -0.118. The van der Waals surface area contributed by atoms with Crippen molar-refractivity contribution in [2.45, 2.75) is 19.8 Å². The summed E-state index contributed by atoms with van der Waals surface area (Å²) in [6.45, 7) is 5.90. The lowest BCUT2D eigenvalue weighted by atomic mass is 10.1.